The van der Waals surface area contributed by atoms with Gasteiger partial charge in [0, 0.05) is 94.0 Å². The number of ether oxygens (including phenoxy) is 2. The molecule has 0 radical (unpaired) electrons. The second-order valence-corrected chi connectivity index (χ2v) is 18.9. The van der Waals surface area contributed by atoms with Gasteiger partial charge in [-0.3, -0.25) is 9.59 Å². The number of carbonyl (C=O) groups excluding carboxylic acids is 2. The zero-order valence-corrected chi connectivity index (χ0v) is 31.1. The Labute approximate surface area is 314 Å². The monoisotopic (exact) mass is 764 g/mol. The maximum Gasteiger partial charge on any atom is 0.310 e. The third-order valence-corrected chi connectivity index (χ3v) is 16.7. The van der Waals surface area contributed by atoms with E-state index in [0.717, 1.165) is 11.1 Å². The smallest absolute Gasteiger partial charge is 0.310 e. The number of aliphatic hydroxyl groups is 3. The van der Waals surface area contributed by atoms with Gasteiger partial charge >= 0.3 is 11.9 Å². The largest absolute Gasteiger partial charge is 0.461 e. The topological polar surface area (TPSA) is 120 Å². The molecule has 0 amide bonds. The maximum absolute atomic E-state index is 14.0. The summed E-state index contributed by atoms with van der Waals surface area (Å²) < 4.78 is 68.6. The van der Waals surface area contributed by atoms with Crippen LogP contribution in [0, 0.1) is 52.8 Å². The van der Waals surface area contributed by atoms with Crippen molar-refractivity contribution in [2.24, 2.45) is 52.8 Å². The Morgan fingerprint density at radius 2 is 1.19 bits per heavy atom. The van der Waals surface area contributed by atoms with Crippen LogP contribution in [-0.4, -0.2) is 118 Å². The number of alkyl halides is 4. The van der Waals surface area contributed by atoms with Gasteiger partial charge in [-0.05, 0) is 69.6 Å². The zero-order valence-electron chi connectivity index (χ0n) is 31.1. The molecule has 300 valence electrons. The highest BCUT2D eigenvalue weighted by atomic mass is 19.3. The lowest BCUT2D eigenvalue weighted by Crippen LogP contribution is -2.71. The van der Waals surface area contributed by atoms with Crippen LogP contribution in [0.1, 0.15) is 83.5 Å². The highest BCUT2D eigenvalue weighted by Crippen LogP contribution is 2.73. The summed E-state index contributed by atoms with van der Waals surface area (Å²) in [5.74, 6) is -9.78. The van der Waals surface area contributed by atoms with Gasteiger partial charge in [-0.2, -0.15) is 0 Å². The number of piperidine rings is 2. The van der Waals surface area contributed by atoms with Crippen molar-refractivity contribution in [1.82, 2.24) is 9.80 Å². The summed E-state index contributed by atoms with van der Waals surface area (Å²) >= 11 is 0. The summed E-state index contributed by atoms with van der Waals surface area (Å²) in [5.41, 5.74) is -3.10. The molecule has 9 rings (SSSR count). The number of hydrogen-bond acceptors (Lipinski definition) is 9. The molecule has 9 aliphatic rings. The van der Waals surface area contributed by atoms with Gasteiger partial charge in [0.1, 0.15) is 23.4 Å². The number of allylic oxidation sites excluding steroid dienone is 2. The van der Waals surface area contributed by atoms with Crippen molar-refractivity contribution in [2.45, 2.75) is 125 Å². The Kier molecular flexibility index (Phi) is 8.84. The Hall–Kier alpha value is -2.06. The molecule has 0 aromatic heterocycles. The Balaban J connectivity index is 1.04. The number of fused-ring (bicyclic) bond motifs is 10. The molecule has 0 aromatic carbocycles. The summed E-state index contributed by atoms with van der Waals surface area (Å²) in [6, 6.07) is 0. The first kappa shape index (κ1) is 37.5. The number of likely N-dealkylation sites (tertiary alicyclic amines) is 2. The number of esters is 2. The van der Waals surface area contributed by atoms with E-state index in [1.54, 1.807) is 0 Å². The average Bonchev–Trinajstić information content (AvgIpc) is 3.71. The fourth-order valence-corrected chi connectivity index (χ4v) is 14.0. The number of nitrogens with zero attached hydrogens (tertiary/aromatic N) is 2. The fourth-order valence-electron chi connectivity index (χ4n) is 14.0. The van der Waals surface area contributed by atoms with Crippen LogP contribution >= 0.6 is 0 Å². The van der Waals surface area contributed by atoms with Gasteiger partial charge in [0.2, 0.25) is 0 Å². The molecule has 1 spiro atoms. The maximum atomic E-state index is 14.0. The number of hydrogen-bond donors (Lipinski definition) is 3. The first-order chi connectivity index (χ1) is 25.5. The van der Waals surface area contributed by atoms with Crippen LogP contribution in [0.2, 0.25) is 0 Å². The van der Waals surface area contributed by atoms with Gasteiger partial charge in [0.25, 0.3) is 11.8 Å². The summed E-state index contributed by atoms with van der Waals surface area (Å²) in [7, 11) is 0. The van der Waals surface area contributed by atoms with Crippen molar-refractivity contribution in [3.63, 3.8) is 0 Å². The first-order valence-electron chi connectivity index (χ1n) is 20.6. The lowest BCUT2D eigenvalue weighted by atomic mass is 9.49. The summed E-state index contributed by atoms with van der Waals surface area (Å²) in [4.78, 5) is 31.3. The number of carbonyl (C=O) groups is 2. The lowest BCUT2D eigenvalue weighted by molar-refractivity contribution is -0.281. The van der Waals surface area contributed by atoms with Gasteiger partial charge in [0.15, 0.2) is 0 Å². The molecule has 13 heteroatoms. The van der Waals surface area contributed by atoms with E-state index in [-0.39, 0.29) is 88.4 Å². The molecule has 0 aromatic rings. The van der Waals surface area contributed by atoms with E-state index < -0.39 is 82.3 Å². The third kappa shape index (κ3) is 5.39. The predicted molar refractivity (Wildman–Crippen MR) is 187 cm³/mol. The molecule has 5 aliphatic carbocycles. The standard InChI is InChI=1S/C41H56F4N2O7/c1-22-4-6-24-28(20-46-14-10-37(42,43)11-15-46)35(49)53-33(24)31-26(22)18-30(48)39(31)8-3-9-40(51)32-27(19-41(39,40)52)23(2)5-7-25-29(36(50)54-34(25)32)21-47-16-12-38(44,45)13-17-47/h24-34,48,51-52H,1-21H2/t24-,25-,26-,27-,28?,29?,30?,31-,32-,33-,34-,39+,40-,41-/m0/s1. The third-order valence-electron chi connectivity index (χ3n) is 16.7. The van der Waals surface area contributed by atoms with E-state index in [4.69, 9.17) is 9.47 Å². The van der Waals surface area contributed by atoms with Crippen LogP contribution < -0.4 is 0 Å². The lowest BCUT2D eigenvalue weighted by Gasteiger charge is -2.60. The minimum absolute atomic E-state index is 0.114. The highest BCUT2D eigenvalue weighted by Gasteiger charge is 2.81. The number of rotatable bonds is 4. The number of halogens is 4. The molecule has 9 fully saturated rings. The molecular weight excluding hydrogens is 708 g/mol. The molecule has 4 heterocycles. The van der Waals surface area contributed by atoms with Crippen LogP contribution in [0.15, 0.2) is 24.3 Å². The van der Waals surface area contributed by atoms with Gasteiger partial charge < -0.3 is 34.6 Å². The Bertz CT molecular complexity index is 1580. The van der Waals surface area contributed by atoms with Crippen molar-refractivity contribution in [1.29, 1.82) is 0 Å². The molecule has 3 N–H and O–H groups in total. The van der Waals surface area contributed by atoms with Crippen molar-refractivity contribution in [3.05, 3.63) is 24.3 Å². The average molecular weight is 765 g/mol. The first-order valence-corrected chi connectivity index (χ1v) is 20.6. The molecule has 4 saturated heterocycles. The minimum Gasteiger partial charge on any atom is -0.461 e. The van der Waals surface area contributed by atoms with Gasteiger partial charge in [-0.1, -0.05) is 24.3 Å². The van der Waals surface area contributed by atoms with Gasteiger partial charge in [-0.25, -0.2) is 17.6 Å². The van der Waals surface area contributed by atoms with Crippen LogP contribution in [0.5, 0.6) is 0 Å². The second kappa shape index (κ2) is 12.7. The summed E-state index contributed by atoms with van der Waals surface area (Å²) in [5, 5.41) is 39.2. The normalized spacial score (nSPS) is 50.0. The van der Waals surface area contributed by atoms with E-state index >= 15 is 0 Å². The quantitative estimate of drug-likeness (QED) is 0.212. The van der Waals surface area contributed by atoms with Crippen molar-refractivity contribution in [2.75, 3.05) is 39.3 Å². The Morgan fingerprint density at radius 3 is 1.70 bits per heavy atom. The van der Waals surface area contributed by atoms with E-state index in [2.05, 4.69) is 13.2 Å². The molecule has 0 bridgehead atoms. The van der Waals surface area contributed by atoms with Gasteiger partial charge in [-0.15, -0.1) is 0 Å². The van der Waals surface area contributed by atoms with Crippen molar-refractivity contribution >= 4 is 11.9 Å². The van der Waals surface area contributed by atoms with Crippen LogP contribution in [0.4, 0.5) is 17.6 Å². The zero-order chi connectivity index (χ0) is 38.2. The van der Waals surface area contributed by atoms with Crippen LogP contribution in [-0.2, 0) is 19.1 Å². The van der Waals surface area contributed by atoms with Crippen molar-refractivity contribution in [3.8, 4) is 0 Å². The fraction of sp³-hybridized carbons (Fsp3) is 0.854. The molecule has 9 nitrogen and oxygen atoms in total. The number of aliphatic hydroxyl groups excluding tert-OH is 1. The van der Waals surface area contributed by atoms with Crippen LogP contribution in [0.3, 0.4) is 0 Å². The molecule has 14 atom stereocenters. The van der Waals surface area contributed by atoms with E-state index in [9.17, 15) is 42.5 Å². The summed E-state index contributed by atoms with van der Waals surface area (Å²) in [6.07, 6.45) is 0.467. The second-order valence-electron chi connectivity index (χ2n) is 18.9. The molecule has 4 aliphatic heterocycles. The molecule has 54 heavy (non-hydrogen) atoms. The van der Waals surface area contributed by atoms with Crippen molar-refractivity contribution < 1.29 is 51.9 Å². The predicted octanol–water partition coefficient (Wildman–Crippen LogP) is 4.73. The molecular formula is C41H56F4N2O7. The van der Waals surface area contributed by atoms with Crippen LogP contribution in [0.25, 0.3) is 0 Å². The van der Waals surface area contributed by atoms with E-state index in [0.29, 0.717) is 58.0 Å². The summed E-state index contributed by atoms with van der Waals surface area (Å²) in [6.45, 7) is 10.3. The van der Waals surface area contributed by atoms with E-state index in [1.807, 2.05) is 9.80 Å². The minimum atomic E-state index is -2.71. The Morgan fingerprint density at radius 1 is 0.704 bits per heavy atom. The van der Waals surface area contributed by atoms with E-state index in [1.165, 1.54) is 0 Å². The molecule has 3 unspecified atom stereocenters. The SMILES string of the molecule is C=C1CC[C@H]2C(CN3CCC(F)(F)CC3)C(=O)O[C@@H]2[C@@H]2[C@H]1C[C@@]1(O)[C@]2(O)CCC[C@]12C(O)C[C@H]1C(=C)CC[C@H]3C(CN4CCC(F)(F)CC4)C(=O)O[C@@H]3[C@H]12. The van der Waals surface area contributed by atoms with Gasteiger partial charge in [0.05, 0.1) is 17.9 Å². The highest BCUT2D eigenvalue weighted by molar-refractivity contribution is 5.76. The molecule has 5 saturated carbocycles.